The minimum absolute atomic E-state index is 0.239. The van der Waals surface area contributed by atoms with Crippen LogP contribution >= 0.6 is 11.8 Å². The van der Waals surface area contributed by atoms with Gasteiger partial charge in [-0.2, -0.15) is 0 Å². The van der Waals surface area contributed by atoms with Crippen LogP contribution in [0.15, 0.2) is 9.32 Å². The average molecular weight is 159 g/mol. The van der Waals surface area contributed by atoms with Crippen molar-refractivity contribution in [3.8, 4) is 0 Å². The number of thioether (sulfide) groups is 1. The Bertz CT molecular complexity index is 303. The number of nitrogens with zero attached hydrogens (tertiary/aromatic N) is 1. The second-order valence-corrected chi connectivity index (χ2v) is 3.51. The van der Waals surface area contributed by atoms with Crippen LogP contribution in [0.2, 0.25) is 0 Å². The van der Waals surface area contributed by atoms with Crippen molar-refractivity contribution in [3.05, 3.63) is 16.1 Å². The van der Waals surface area contributed by atoms with Crippen LogP contribution in [0.3, 0.4) is 0 Å². The second-order valence-electron chi connectivity index (χ2n) is 2.21. The smallest absolute Gasteiger partial charge is 0.283 e. The molecule has 1 aromatic rings. The summed E-state index contributed by atoms with van der Waals surface area (Å²) >= 11 is 1.72. The molecule has 0 saturated carbocycles. The van der Waals surface area contributed by atoms with Gasteiger partial charge < -0.3 is 0 Å². The molecule has 0 radical (unpaired) electrons. The zero-order valence-corrected chi connectivity index (χ0v) is 6.27. The van der Waals surface area contributed by atoms with E-state index in [1.807, 2.05) is 6.92 Å². The maximum Gasteiger partial charge on any atom is 0.430 e. The molecule has 10 heavy (non-hydrogen) atoms. The van der Waals surface area contributed by atoms with E-state index >= 15 is 0 Å². The van der Waals surface area contributed by atoms with Gasteiger partial charge in [-0.05, 0) is 5.27 Å². The molecule has 1 aromatic heterocycles. The number of aromatic nitrogens is 2. The molecule has 0 amide bonds. The highest BCUT2D eigenvalue weighted by molar-refractivity contribution is 7.98. The Balaban J connectivity index is 2.63. The fourth-order valence-electron chi connectivity index (χ4n) is 0.999. The van der Waals surface area contributed by atoms with Crippen molar-refractivity contribution in [3.63, 3.8) is 0 Å². The summed E-state index contributed by atoms with van der Waals surface area (Å²) in [6, 6.07) is 0. The van der Waals surface area contributed by atoms with Crippen molar-refractivity contribution in [1.82, 2.24) is 5.27 Å². The van der Waals surface area contributed by atoms with Crippen molar-refractivity contribution < 1.29 is 9.20 Å². The molecule has 0 aromatic carbocycles. The Kier molecular flexibility index (Phi) is 1.14. The van der Waals surface area contributed by atoms with E-state index in [1.54, 1.807) is 16.4 Å². The quantitative estimate of drug-likeness (QED) is 0.543. The molecule has 1 N–H and O–H groups in total. The first-order valence-electron chi connectivity index (χ1n) is 3.02. The van der Waals surface area contributed by atoms with Crippen molar-refractivity contribution in [2.24, 2.45) is 0 Å². The van der Waals surface area contributed by atoms with Crippen molar-refractivity contribution in [1.29, 1.82) is 0 Å². The summed E-state index contributed by atoms with van der Waals surface area (Å²) in [5.74, 6) is 0.757. The van der Waals surface area contributed by atoms with E-state index in [2.05, 4.69) is 9.79 Å². The summed E-state index contributed by atoms with van der Waals surface area (Å²) in [5, 5.41) is 2.85. The van der Waals surface area contributed by atoms with Gasteiger partial charge in [-0.15, -0.1) is 0 Å². The van der Waals surface area contributed by atoms with Crippen LogP contribution in [0.4, 0.5) is 0 Å². The molecule has 54 valence electrons. The Labute approximate surface area is 61.2 Å². The first-order chi connectivity index (χ1) is 4.79. The third-order valence-electron chi connectivity index (χ3n) is 1.59. The molecular weight excluding hydrogens is 152 g/mol. The summed E-state index contributed by atoms with van der Waals surface area (Å²) in [5.41, 5.74) is 0.495. The Hall–Kier alpha value is -0.710. The Morgan fingerprint density at radius 2 is 2.70 bits per heavy atom. The van der Waals surface area contributed by atoms with Gasteiger partial charge in [0.05, 0.1) is 5.75 Å². The van der Waals surface area contributed by atoms with E-state index in [-0.39, 0.29) is 5.63 Å². The maximum atomic E-state index is 10.8. The first kappa shape index (κ1) is 6.03. The van der Waals surface area contributed by atoms with Crippen LogP contribution in [0, 0.1) is 0 Å². The van der Waals surface area contributed by atoms with E-state index in [1.165, 1.54) is 0 Å². The number of hydrogen-bond acceptors (Lipinski definition) is 3. The summed E-state index contributed by atoms with van der Waals surface area (Å²) in [4.78, 5) is 10.8. The van der Waals surface area contributed by atoms with Crippen molar-refractivity contribution in [2.45, 2.75) is 18.1 Å². The molecule has 4 nitrogen and oxygen atoms in total. The third kappa shape index (κ3) is 0.636. The highest BCUT2D eigenvalue weighted by Gasteiger charge is 2.33. The summed E-state index contributed by atoms with van der Waals surface area (Å²) in [6.45, 7) is 2.02. The Morgan fingerprint density at radius 3 is 3.40 bits per heavy atom. The minimum atomic E-state index is -0.239. The monoisotopic (exact) mass is 159 g/mol. The number of aromatic amines is 1. The predicted octanol–water partition coefficient (Wildman–Crippen LogP) is 0.0207. The molecule has 0 aliphatic carbocycles. The molecule has 2 rings (SSSR count). The van der Waals surface area contributed by atoms with Crippen LogP contribution in [0.25, 0.3) is 0 Å². The molecule has 5 heteroatoms. The highest BCUT2D eigenvalue weighted by atomic mass is 32.2. The van der Waals surface area contributed by atoms with Crippen LogP contribution in [0.1, 0.15) is 18.0 Å². The molecule has 1 atom stereocenters. The molecule has 2 heterocycles. The lowest BCUT2D eigenvalue weighted by atomic mass is 10.5. The SMILES string of the molecule is CC1SCc2c(=O)o[nH][n+]21. The lowest BCUT2D eigenvalue weighted by Crippen LogP contribution is -2.38. The molecule has 0 bridgehead atoms. The van der Waals surface area contributed by atoms with Gasteiger partial charge in [0.2, 0.25) is 5.37 Å². The zero-order valence-electron chi connectivity index (χ0n) is 5.46. The number of rotatable bonds is 0. The van der Waals surface area contributed by atoms with Gasteiger partial charge >= 0.3 is 11.3 Å². The third-order valence-corrected chi connectivity index (χ3v) is 2.72. The van der Waals surface area contributed by atoms with Crippen molar-refractivity contribution in [2.75, 3.05) is 0 Å². The van der Waals surface area contributed by atoms with E-state index < -0.39 is 0 Å². The number of H-pyrrole nitrogens is 1. The second kappa shape index (κ2) is 1.88. The molecule has 1 aliphatic rings. The van der Waals surface area contributed by atoms with Gasteiger partial charge in [0.25, 0.3) is 0 Å². The van der Waals surface area contributed by atoms with Crippen LogP contribution in [-0.2, 0) is 5.75 Å². The van der Waals surface area contributed by atoms with Crippen LogP contribution in [0.5, 0.6) is 0 Å². The molecular formula is C5H7N2O2S+. The summed E-state index contributed by atoms with van der Waals surface area (Å²) < 4.78 is 6.33. The first-order valence-corrected chi connectivity index (χ1v) is 4.07. The van der Waals surface area contributed by atoms with Crippen LogP contribution < -0.4 is 10.3 Å². The molecule has 1 unspecified atom stereocenters. The molecule has 0 fully saturated rings. The van der Waals surface area contributed by atoms with Crippen molar-refractivity contribution >= 4 is 11.8 Å². The standard InChI is InChI=1S/C5H6N2O2S/c1-3-7-4(2-10-3)5(8)9-6-7/h3H,2H2,1H3/p+1. The number of fused-ring (bicyclic) bond motifs is 1. The lowest BCUT2D eigenvalue weighted by Gasteiger charge is -1.87. The molecule has 1 aliphatic heterocycles. The van der Waals surface area contributed by atoms with Gasteiger partial charge in [0.1, 0.15) is 0 Å². The number of nitrogens with one attached hydrogen (secondary N) is 1. The predicted molar refractivity (Wildman–Crippen MR) is 35.5 cm³/mol. The largest absolute Gasteiger partial charge is 0.430 e. The van der Waals surface area contributed by atoms with E-state index in [0.29, 0.717) is 5.37 Å². The molecule has 0 saturated heterocycles. The van der Waals surface area contributed by atoms with Gasteiger partial charge in [-0.1, -0.05) is 16.4 Å². The summed E-state index contributed by atoms with van der Waals surface area (Å²) in [7, 11) is 0. The highest BCUT2D eigenvalue weighted by Crippen LogP contribution is 2.24. The summed E-state index contributed by atoms with van der Waals surface area (Å²) in [6.07, 6.45) is 0. The Morgan fingerprint density at radius 1 is 1.90 bits per heavy atom. The van der Waals surface area contributed by atoms with Gasteiger partial charge in [-0.25, -0.2) is 4.79 Å². The fourth-order valence-corrected chi connectivity index (χ4v) is 1.97. The van der Waals surface area contributed by atoms with Gasteiger partial charge in [-0.3, -0.25) is 4.52 Å². The lowest BCUT2D eigenvalue weighted by molar-refractivity contribution is -0.763. The van der Waals surface area contributed by atoms with Crippen LogP contribution in [-0.4, -0.2) is 5.27 Å². The molecule has 0 spiro atoms. The normalized spacial score (nSPS) is 23.1. The average Bonchev–Trinajstić information content (AvgIpc) is 2.41. The van der Waals surface area contributed by atoms with E-state index in [9.17, 15) is 4.79 Å². The van der Waals surface area contributed by atoms with E-state index in [0.717, 1.165) is 11.4 Å². The topological polar surface area (TPSA) is 49.9 Å². The minimum Gasteiger partial charge on any atom is -0.283 e. The fraction of sp³-hybridized carbons (Fsp3) is 0.600. The van der Waals surface area contributed by atoms with Gasteiger partial charge in [0.15, 0.2) is 0 Å². The van der Waals surface area contributed by atoms with E-state index in [4.69, 9.17) is 0 Å². The maximum absolute atomic E-state index is 10.8. The number of hydrogen-bond donors (Lipinski definition) is 1. The van der Waals surface area contributed by atoms with Gasteiger partial charge in [0, 0.05) is 6.92 Å². The zero-order chi connectivity index (χ0) is 7.14.